The quantitative estimate of drug-likeness (QED) is 0.725. The number of nitrogens with zero attached hydrogens (tertiary/aromatic N) is 2. The van der Waals surface area contributed by atoms with E-state index in [1.54, 1.807) is 0 Å². The zero-order chi connectivity index (χ0) is 15.8. The van der Waals surface area contributed by atoms with Crippen LogP contribution in [-0.2, 0) is 0 Å². The predicted octanol–water partition coefficient (Wildman–Crippen LogP) is 3.89. The Balaban J connectivity index is 2.05. The number of benzene rings is 1. The van der Waals surface area contributed by atoms with Crippen LogP contribution in [0.5, 0.6) is 5.75 Å². The van der Waals surface area contributed by atoms with Crippen LogP contribution in [0.4, 0.5) is 0 Å². The first-order valence-electron chi connectivity index (χ1n) is 7.63. The zero-order valence-electron chi connectivity index (χ0n) is 13.6. The summed E-state index contributed by atoms with van der Waals surface area (Å²) in [7, 11) is 4.14. The Bertz CT molecular complexity index is 606. The molecule has 0 bridgehead atoms. The molecule has 0 spiro atoms. The van der Waals surface area contributed by atoms with Gasteiger partial charge >= 0.3 is 0 Å². The summed E-state index contributed by atoms with van der Waals surface area (Å²) < 4.78 is 5.89. The smallest absolute Gasteiger partial charge is 0.144 e. The summed E-state index contributed by atoms with van der Waals surface area (Å²) in [4.78, 5) is 6.74. The van der Waals surface area contributed by atoms with E-state index >= 15 is 0 Å². The van der Waals surface area contributed by atoms with Gasteiger partial charge in [-0.25, -0.2) is 4.98 Å². The highest BCUT2D eigenvalue weighted by Crippen LogP contribution is 2.20. The van der Waals surface area contributed by atoms with Gasteiger partial charge in [-0.3, -0.25) is 0 Å². The van der Waals surface area contributed by atoms with Gasteiger partial charge in [0.1, 0.15) is 11.4 Å². The van der Waals surface area contributed by atoms with Crippen molar-refractivity contribution in [3.8, 4) is 5.75 Å². The Kier molecular flexibility index (Phi) is 6.16. The fraction of sp³-hybridized carbons (Fsp3) is 0.316. The highest BCUT2D eigenvalue weighted by atomic mass is 16.5. The van der Waals surface area contributed by atoms with Gasteiger partial charge in [0.2, 0.25) is 0 Å². The molecule has 0 atom stereocenters. The maximum Gasteiger partial charge on any atom is 0.144 e. The molecule has 2 rings (SSSR count). The van der Waals surface area contributed by atoms with E-state index in [9.17, 15) is 0 Å². The minimum absolute atomic E-state index is 0.703. The Morgan fingerprint density at radius 1 is 1.05 bits per heavy atom. The van der Waals surface area contributed by atoms with Crippen molar-refractivity contribution >= 4 is 12.2 Å². The van der Waals surface area contributed by atoms with E-state index in [4.69, 9.17) is 4.74 Å². The number of ether oxygens (including phenoxy) is 1. The van der Waals surface area contributed by atoms with E-state index in [2.05, 4.69) is 42.2 Å². The lowest BCUT2D eigenvalue weighted by molar-refractivity contribution is 0.280. The van der Waals surface area contributed by atoms with Gasteiger partial charge in [-0.15, -0.1) is 0 Å². The molecule has 0 unspecified atom stereocenters. The minimum Gasteiger partial charge on any atom is -0.491 e. The van der Waals surface area contributed by atoms with Crippen molar-refractivity contribution in [3.05, 3.63) is 59.4 Å². The van der Waals surface area contributed by atoms with Gasteiger partial charge in [-0.2, -0.15) is 0 Å². The Hall–Kier alpha value is -2.13. The second kappa shape index (κ2) is 8.35. The molecule has 0 radical (unpaired) electrons. The lowest BCUT2D eigenvalue weighted by Gasteiger charge is -2.12. The highest BCUT2D eigenvalue weighted by Gasteiger charge is 2.03. The fourth-order valence-corrected chi connectivity index (χ4v) is 2.11. The second-order valence-electron chi connectivity index (χ2n) is 5.59. The number of pyridine rings is 1. The lowest BCUT2D eigenvalue weighted by Crippen LogP contribution is -2.15. The number of aryl methyl sites for hydroxylation is 1. The number of aromatic nitrogens is 1. The number of hydrogen-bond acceptors (Lipinski definition) is 3. The fourth-order valence-electron chi connectivity index (χ4n) is 2.11. The van der Waals surface area contributed by atoms with Crippen molar-refractivity contribution in [3.63, 3.8) is 0 Å². The second-order valence-corrected chi connectivity index (χ2v) is 5.59. The maximum absolute atomic E-state index is 5.89. The molecule has 116 valence electrons. The highest BCUT2D eigenvalue weighted by molar-refractivity contribution is 5.70. The summed E-state index contributed by atoms with van der Waals surface area (Å²) >= 11 is 0. The van der Waals surface area contributed by atoms with Gasteiger partial charge < -0.3 is 9.64 Å². The monoisotopic (exact) mass is 296 g/mol. The largest absolute Gasteiger partial charge is 0.491 e. The first-order chi connectivity index (χ1) is 10.6. The molecule has 0 N–H and O–H groups in total. The summed E-state index contributed by atoms with van der Waals surface area (Å²) in [6, 6.07) is 14.2. The van der Waals surface area contributed by atoms with Crippen molar-refractivity contribution in [2.24, 2.45) is 0 Å². The lowest BCUT2D eigenvalue weighted by atomic mass is 10.2. The SMILES string of the molecule is Cc1ccc(OCCCN(C)C)c(/C=C/c2ccccc2)n1. The van der Waals surface area contributed by atoms with Crippen LogP contribution in [0.15, 0.2) is 42.5 Å². The molecule has 1 aromatic heterocycles. The van der Waals surface area contributed by atoms with Crippen LogP contribution in [0.3, 0.4) is 0 Å². The van der Waals surface area contributed by atoms with Crippen molar-refractivity contribution in [1.29, 1.82) is 0 Å². The van der Waals surface area contributed by atoms with Crippen molar-refractivity contribution in [1.82, 2.24) is 9.88 Å². The molecule has 0 saturated heterocycles. The molecule has 3 nitrogen and oxygen atoms in total. The summed E-state index contributed by atoms with van der Waals surface area (Å²) in [5.74, 6) is 0.844. The van der Waals surface area contributed by atoms with Crippen LogP contribution < -0.4 is 4.74 Å². The standard InChI is InChI=1S/C19H24N2O/c1-16-10-13-19(22-15-7-14-21(2)3)18(20-16)12-11-17-8-5-4-6-9-17/h4-6,8-13H,7,14-15H2,1-3H3/b12-11+. The molecular weight excluding hydrogens is 272 g/mol. The third kappa shape index (κ3) is 5.34. The average molecular weight is 296 g/mol. The third-order valence-electron chi connectivity index (χ3n) is 3.27. The molecule has 0 aliphatic heterocycles. The van der Waals surface area contributed by atoms with E-state index in [-0.39, 0.29) is 0 Å². The first kappa shape index (κ1) is 16.2. The molecule has 0 saturated carbocycles. The van der Waals surface area contributed by atoms with Gasteiger partial charge in [0.15, 0.2) is 0 Å². The molecule has 0 aliphatic rings. The number of rotatable bonds is 7. The Morgan fingerprint density at radius 2 is 1.82 bits per heavy atom. The van der Waals surface area contributed by atoms with Crippen LogP contribution in [0, 0.1) is 6.92 Å². The number of hydrogen-bond donors (Lipinski definition) is 0. The van der Waals surface area contributed by atoms with Crippen LogP contribution in [-0.4, -0.2) is 37.1 Å². The van der Waals surface area contributed by atoms with E-state index in [0.717, 1.165) is 35.7 Å². The van der Waals surface area contributed by atoms with Crippen LogP contribution in [0.2, 0.25) is 0 Å². The van der Waals surface area contributed by atoms with Crippen molar-refractivity contribution in [2.45, 2.75) is 13.3 Å². The topological polar surface area (TPSA) is 25.4 Å². The first-order valence-corrected chi connectivity index (χ1v) is 7.63. The van der Waals surface area contributed by atoms with Crippen LogP contribution in [0.1, 0.15) is 23.4 Å². The van der Waals surface area contributed by atoms with Gasteiger partial charge in [0.25, 0.3) is 0 Å². The molecule has 0 amide bonds. The average Bonchev–Trinajstić information content (AvgIpc) is 2.52. The van der Waals surface area contributed by atoms with E-state index in [1.165, 1.54) is 0 Å². The molecule has 3 heteroatoms. The predicted molar refractivity (Wildman–Crippen MR) is 93.0 cm³/mol. The Morgan fingerprint density at radius 3 is 2.55 bits per heavy atom. The molecule has 1 heterocycles. The molecule has 0 aliphatic carbocycles. The van der Waals surface area contributed by atoms with Crippen LogP contribution >= 0.6 is 0 Å². The Labute approximate surface area is 133 Å². The summed E-state index contributed by atoms with van der Waals surface area (Å²) in [6.07, 6.45) is 5.08. The molecular formula is C19H24N2O. The molecule has 22 heavy (non-hydrogen) atoms. The van der Waals surface area contributed by atoms with Crippen molar-refractivity contribution < 1.29 is 4.74 Å². The summed E-state index contributed by atoms with van der Waals surface area (Å²) in [5.41, 5.74) is 3.03. The third-order valence-corrected chi connectivity index (χ3v) is 3.27. The molecule has 2 aromatic rings. The van der Waals surface area contributed by atoms with Gasteiger partial charge in [-0.05, 0) is 51.2 Å². The molecule has 0 fully saturated rings. The van der Waals surface area contributed by atoms with Gasteiger partial charge in [0.05, 0.1) is 6.61 Å². The maximum atomic E-state index is 5.89. The van der Waals surface area contributed by atoms with E-state index in [0.29, 0.717) is 6.61 Å². The minimum atomic E-state index is 0.703. The van der Waals surface area contributed by atoms with Crippen molar-refractivity contribution in [2.75, 3.05) is 27.2 Å². The zero-order valence-corrected chi connectivity index (χ0v) is 13.6. The summed E-state index contributed by atoms with van der Waals surface area (Å²) in [5, 5.41) is 0. The molecule has 1 aromatic carbocycles. The van der Waals surface area contributed by atoms with Gasteiger partial charge in [0, 0.05) is 12.2 Å². The summed E-state index contributed by atoms with van der Waals surface area (Å²) in [6.45, 7) is 3.72. The van der Waals surface area contributed by atoms with Crippen LogP contribution in [0.25, 0.3) is 12.2 Å². The van der Waals surface area contributed by atoms with Gasteiger partial charge in [-0.1, -0.05) is 36.4 Å². The normalized spacial score (nSPS) is 11.3. The van der Waals surface area contributed by atoms with E-state index in [1.807, 2.05) is 43.3 Å². The van der Waals surface area contributed by atoms with E-state index < -0.39 is 0 Å².